The van der Waals surface area contributed by atoms with E-state index < -0.39 is 22.0 Å². The number of amides is 1. The average Bonchev–Trinajstić information content (AvgIpc) is 2.71. The van der Waals surface area contributed by atoms with Gasteiger partial charge in [0.25, 0.3) is 0 Å². The molecule has 0 fully saturated rings. The van der Waals surface area contributed by atoms with Gasteiger partial charge in [-0.2, -0.15) is 0 Å². The van der Waals surface area contributed by atoms with E-state index in [9.17, 15) is 13.2 Å². The number of sulfonamides is 1. The molecule has 0 heterocycles. The Morgan fingerprint density at radius 1 is 1.10 bits per heavy atom. The summed E-state index contributed by atoms with van der Waals surface area (Å²) in [6.07, 6.45) is 1.06. The normalized spacial score (nSPS) is 12.0. The van der Waals surface area contributed by atoms with E-state index in [0.29, 0.717) is 29.5 Å². The zero-order valence-electron chi connectivity index (χ0n) is 17.8. The summed E-state index contributed by atoms with van der Waals surface area (Å²) in [4.78, 5) is 12.7. The van der Waals surface area contributed by atoms with Crippen LogP contribution in [0.5, 0.6) is 17.2 Å². The van der Waals surface area contributed by atoms with E-state index in [1.807, 2.05) is 6.92 Å². The first-order valence-electron chi connectivity index (χ1n) is 9.41. The third-order valence-corrected chi connectivity index (χ3v) is 5.53. The summed E-state index contributed by atoms with van der Waals surface area (Å²) in [5, 5.41) is 2.82. The van der Waals surface area contributed by atoms with E-state index in [2.05, 4.69) is 5.32 Å². The van der Waals surface area contributed by atoms with Crippen LogP contribution in [0.4, 0.5) is 5.69 Å². The Hall–Kier alpha value is -2.94. The van der Waals surface area contributed by atoms with Crippen molar-refractivity contribution in [2.24, 2.45) is 0 Å². The molecule has 2 aromatic rings. The highest BCUT2D eigenvalue weighted by molar-refractivity contribution is 7.92. The van der Waals surface area contributed by atoms with Crippen LogP contribution in [0.3, 0.4) is 0 Å². The van der Waals surface area contributed by atoms with Crippen molar-refractivity contribution < 1.29 is 27.4 Å². The lowest BCUT2D eigenvalue weighted by atomic mass is 10.1. The molecular formula is C21H28N2O6S. The van der Waals surface area contributed by atoms with Crippen molar-refractivity contribution in [3.63, 3.8) is 0 Å². The zero-order valence-corrected chi connectivity index (χ0v) is 18.7. The average molecular weight is 437 g/mol. The summed E-state index contributed by atoms with van der Waals surface area (Å²) >= 11 is 0. The van der Waals surface area contributed by atoms with Gasteiger partial charge in [0.05, 0.1) is 38.8 Å². The minimum absolute atomic E-state index is 0.352. The number of hydrogen-bond donors (Lipinski definition) is 1. The molecule has 0 aliphatic carbocycles. The molecule has 0 aromatic heterocycles. The number of methoxy groups -OCH3 is 2. The number of anilines is 1. The highest BCUT2D eigenvalue weighted by Crippen LogP contribution is 2.29. The highest BCUT2D eigenvalue weighted by atomic mass is 32.2. The summed E-state index contributed by atoms with van der Waals surface area (Å²) in [6.45, 7) is 3.70. The van der Waals surface area contributed by atoms with Gasteiger partial charge in [0, 0.05) is 11.6 Å². The Morgan fingerprint density at radius 3 is 2.43 bits per heavy atom. The number of hydrogen-bond acceptors (Lipinski definition) is 6. The number of nitrogens with one attached hydrogen (secondary N) is 1. The van der Waals surface area contributed by atoms with Gasteiger partial charge in [0.1, 0.15) is 23.8 Å². The third kappa shape index (κ3) is 6.03. The van der Waals surface area contributed by atoms with E-state index in [1.54, 1.807) is 56.5 Å². The van der Waals surface area contributed by atoms with Crippen LogP contribution >= 0.6 is 0 Å². The van der Waals surface area contributed by atoms with Crippen LogP contribution in [-0.4, -0.2) is 48.0 Å². The number of rotatable bonds is 10. The van der Waals surface area contributed by atoms with Gasteiger partial charge in [-0.3, -0.25) is 9.10 Å². The Morgan fingerprint density at radius 2 is 1.83 bits per heavy atom. The number of benzene rings is 2. The topological polar surface area (TPSA) is 94.2 Å². The van der Waals surface area contributed by atoms with Gasteiger partial charge in [-0.1, -0.05) is 6.07 Å². The van der Waals surface area contributed by atoms with E-state index in [-0.39, 0.29) is 6.54 Å². The summed E-state index contributed by atoms with van der Waals surface area (Å²) in [7, 11) is -0.607. The molecule has 1 amide bonds. The monoisotopic (exact) mass is 436 g/mol. The van der Waals surface area contributed by atoms with Crippen molar-refractivity contribution in [3.8, 4) is 17.2 Å². The first-order chi connectivity index (χ1) is 14.2. The molecule has 0 aliphatic rings. The van der Waals surface area contributed by atoms with Crippen molar-refractivity contribution in [2.45, 2.75) is 19.9 Å². The lowest BCUT2D eigenvalue weighted by Crippen LogP contribution is -2.41. The van der Waals surface area contributed by atoms with Crippen molar-refractivity contribution in [3.05, 3.63) is 48.0 Å². The van der Waals surface area contributed by atoms with Crippen LogP contribution in [0.25, 0.3) is 0 Å². The maximum Gasteiger partial charge on any atom is 0.241 e. The second kappa shape index (κ2) is 10.2. The van der Waals surface area contributed by atoms with Crippen molar-refractivity contribution in [1.82, 2.24) is 5.32 Å². The third-order valence-electron chi connectivity index (χ3n) is 4.39. The number of nitrogens with zero attached hydrogens (tertiary/aromatic N) is 1. The van der Waals surface area contributed by atoms with Gasteiger partial charge in [-0.05, 0) is 44.2 Å². The summed E-state index contributed by atoms with van der Waals surface area (Å²) in [5.74, 6) is 1.28. The van der Waals surface area contributed by atoms with Crippen molar-refractivity contribution in [1.29, 1.82) is 0 Å². The molecule has 164 valence electrons. The second-order valence-corrected chi connectivity index (χ2v) is 8.50. The Labute approximate surface area is 177 Å². The van der Waals surface area contributed by atoms with Crippen LogP contribution in [0.1, 0.15) is 25.5 Å². The number of carbonyl (C=O) groups is 1. The Bertz CT molecular complexity index is 977. The van der Waals surface area contributed by atoms with Crippen LogP contribution in [0.15, 0.2) is 42.5 Å². The standard InChI is InChI=1S/C21H28N2O6S/c1-6-29-18-9-7-8-16(12-18)23(30(5,25)26)14-21(24)22-15(2)19-13-17(27-3)10-11-20(19)28-4/h7-13,15H,6,14H2,1-5H3,(H,22,24). The minimum Gasteiger partial charge on any atom is -0.497 e. The van der Waals surface area contributed by atoms with Gasteiger partial charge < -0.3 is 19.5 Å². The summed E-state index contributed by atoms with van der Waals surface area (Å²) in [5.41, 5.74) is 1.07. The molecule has 9 heteroatoms. The fourth-order valence-electron chi connectivity index (χ4n) is 2.97. The molecular weight excluding hydrogens is 408 g/mol. The molecule has 1 unspecified atom stereocenters. The lowest BCUT2D eigenvalue weighted by Gasteiger charge is -2.24. The van der Waals surface area contributed by atoms with Crippen LogP contribution in [0, 0.1) is 0 Å². The van der Waals surface area contributed by atoms with Crippen LogP contribution in [0.2, 0.25) is 0 Å². The predicted molar refractivity (Wildman–Crippen MR) is 116 cm³/mol. The molecule has 1 atom stereocenters. The fourth-order valence-corrected chi connectivity index (χ4v) is 3.82. The van der Waals surface area contributed by atoms with Gasteiger partial charge >= 0.3 is 0 Å². The number of carbonyl (C=O) groups excluding carboxylic acids is 1. The van der Waals surface area contributed by atoms with E-state index in [4.69, 9.17) is 14.2 Å². The largest absolute Gasteiger partial charge is 0.497 e. The molecule has 30 heavy (non-hydrogen) atoms. The van der Waals surface area contributed by atoms with Crippen LogP contribution < -0.4 is 23.8 Å². The summed E-state index contributed by atoms with van der Waals surface area (Å²) < 4.78 is 41.8. The van der Waals surface area contributed by atoms with Gasteiger partial charge in [0.15, 0.2) is 0 Å². The lowest BCUT2D eigenvalue weighted by molar-refractivity contribution is -0.120. The predicted octanol–water partition coefficient (Wildman–Crippen LogP) is 2.75. The molecule has 8 nitrogen and oxygen atoms in total. The SMILES string of the molecule is CCOc1cccc(N(CC(=O)NC(C)c2cc(OC)ccc2OC)S(C)(=O)=O)c1. The first kappa shape index (κ1) is 23.3. The number of ether oxygens (including phenoxy) is 3. The second-order valence-electron chi connectivity index (χ2n) is 6.60. The quantitative estimate of drug-likeness (QED) is 0.616. The minimum atomic E-state index is -3.70. The van der Waals surface area contributed by atoms with Gasteiger partial charge in [-0.25, -0.2) is 8.42 Å². The molecule has 0 saturated heterocycles. The van der Waals surface area contributed by atoms with Gasteiger partial charge in [-0.15, -0.1) is 0 Å². The Balaban J connectivity index is 2.22. The maximum absolute atomic E-state index is 12.7. The van der Waals surface area contributed by atoms with Crippen molar-refractivity contribution in [2.75, 3.05) is 37.9 Å². The van der Waals surface area contributed by atoms with E-state index >= 15 is 0 Å². The molecule has 2 aromatic carbocycles. The van der Waals surface area contributed by atoms with Crippen LogP contribution in [-0.2, 0) is 14.8 Å². The molecule has 1 N–H and O–H groups in total. The van der Waals surface area contributed by atoms with E-state index in [1.165, 1.54) is 7.11 Å². The molecule has 2 rings (SSSR count). The maximum atomic E-state index is 12.7. The molecule has 0 aliphatic heterocycles. The smallest absolute Gasteiger partial charge is 0.241 e. The fraction of sp³-hybridized carbons (Fsp3) is 0.381. The molecule has 0 saturated carbocycles. The van der Waals surface area contributed by atoms with Crippen molar-refractivity contribution >= 4 is 21.6 Å². The Kier molecular flexibility index (Phi) is 7.93. The van der Waals surface area contributed by atoms with Gasteiger partial charge in [0.2, 0.25) is 15.9 Å². The molecule has 0 radical (unpaired) electrons. The zero-order chi connectivity index (χ0) is 22.3. The molecule has 0 spiro atoms. The molecule has 0 bridgehead atoms. The first-order valence-corrected chi connectivity index (χ1v) is 11.3. The van der Waals surface area contributed by atoms with E-state index in [0.717, 1.165) is 16.1 Å². The highest BCUT2D eigenvalue weighted by Gasteiger charge is 2.23. The summed E-state index contributed by atoms with van der Waals surface area (Å²) in [6, 6.07) is 11.5.